The number of carbonyl (C=O) groups is 2. The summed E-state index contributed by atoms with van der Waals surface area (Å²) in [6, 6.07) is 8.03. The second kappa shape index (κ2) is 9.31. The number of piperazine rings is 1. The zero-order chi connectivity index (χ0) is 20.1. The number of benzene rings is 1. The molecule has 0 radical (unpaired) electrons. The fourth-order valence-corrected chi connectivity index (χ4v) is 4.64. The van der Waals surface area contributed by atoms with E-state index in [1.165, 1.54) is 6.42 Å². The summed E-state index contributed by atoms with van der Waals surface area (Å²) in [6.45, 7) is 12.0. The van der Waals surface area contributed by atoms with E-state index in [0.29, 0.717) is 18.3 Å². The van der Waals surface area contributed by atoms with Gasteiger partial charge in [0.2, 0.25) is 11.8 Å². The molecule has 1 fully saturated rings. The number of carbonyl (C=O) groups excluding carboxylic acids is 2. The van der Waals surface area contributed by atoms with E-state index in [0.717, 1.165) is 55.6 Å². The Bertz CT molecular complexity index is 693. The molecule has 0 saturated carbocycles. The van der Waals surface area contributed by atoms with Crippen molar-refractivity contribution in [2.75, 3.05) is 49.9 Å². The summed E-state index contributed by atoms with van der Waals surface area (Å²) in [5.41, 5.74) is 1.34. The van der Waals surface area contributed by atoms with Crippen LogP contribution in [0.3, 0.4) is 0 Å². The van der Waals surface area contributed by atoms with Crippen molar-refractivity contribution in [1.29, 1.82) is 0 Å². The molecule has 0 aliphatic carbocycles. The highest BCUT2D eigenvalue weighted by Crippen LogP contribution is 2.34. The summed E-state index contributed by atoms with van der Waals surface area (Å²) in [5.74, 6) is 1.08. The van der Waals surface area contributed by atoms with Crippen LogP contribution in [-0.2, 0) is 9.59 Å². The van der Waals surface area contributed by atoms with Crippen LogP contribution in [0.25, 0.3) is 0 Å². The summed E-state index contributed by atoms with van der Waals surface area (Å²) in [4.78, 5) is 32.7. The van der Waals surface area contributed by atoms with Crippen molar-refractivity contribution in [3.8, 4) is 0 Å². The maximum Gasteiger partial charge on any atom is 0.227 e. The minimum absolute atomic E-state index is 0.0601. The van der Waals surface area contributed by atoms with E-state index in [9.17, 15) is 9.59 Å². The van der Waals surface area contributed by atoms with E-state index in [4.69, 9.17) is 0 Å². The van der Waals surface area contributed by atoms with Crippen molar-refractivity contribution in [3.63, 3.8) is 0 Å². The van der Waals surface area contributed by atoms with Crippen LogP contribution in [0.2, 0.25) is 0 Å². The molecule has 0 N–H and O–H groups in total. The molecular formula is C22H33N3O2S. The number of amides is 2. The Labute approximate surface area is 173 Å². The number of fused-ring (bicyclic) bond motifs is 1. The molecule has 0 unspecified atom stereocenters. The van der Waals surface area contributed by atoms with Crippen molar-refractivity contribution in [2.24, 2.45) is 5.41 Å². The van der Waals surface area contributed by atoms with Gasteiger partial charge in [0.25, 0.3) is 0 Å². The summed E-state index contributed by atoms with van der Waals surface area (Å²) in [7, 11) is 0. The van der Waals surface area contributed by atoms with Crippen LogP contribution in [0, 0.1) is 5.41 Å². The summed E-state index contributed by atoms with van der Waals surface area (Å²) in [6.07, 6.45) is 1.78. The first-order chi connectivity index (χ1) is 13.3. The lowest BCUT2D eigenvalue weighted by molar-refractivity contribution is -0.134. The Morgan fingerprint density at radius 1 is 0.964 bits per heavy atom. The summed E-state index contributed by atoms with van der Waals surface area (Å²) >= 11 is 1.79. The first kappa shape index (κ1) is 21.2. The average molecular weight is 404 g/mol. The number of anilines is 1. The van der Waals surface area contributed by atoms with Crippen molar-refractivity contribution in [1.82, 2.24) is 9.80 Å². The highest BCUT2D eigenvalue weighted by Gasteiger charge is 2.25. The second-order valence-electron chi connectivity index (χ2n) is 8.89. The molecule has 2 aliphatic rings. The SMILES string of the molecule is CC(C)(C)CCN1CCN(C(=O)CCC(=O)N2CCSc3ccccc32)CC1. The van der Waals surface area contributed by atoms with Crippen LogP contribution in [0.1, 0.15) is 40.0 Å². The van der Waals surface area contributed by atoms with Crippen LogP contribution >= 0.6 is 11.8 Å². The van der Waals surface area contributed by atoms with Gasteiger partial charge in [-0.3, -0.25) is 14.5 Å². The number of nitrogens with zero attached hydrogens (tertiary/aromatic N) is 3. The van der Waals surface area contributed by atoms with E-state index in [2.05, 4.69) is 31.7 Å². The van der Waals surface area contributed by atoms with Gasteiger partial charge in [-0.05, 0) is 30.5 Å². The largest absolute Gasteiger partial charge is 0.340 e. The molecule has 1 aromatic carbocycles. The Balaban J connectivity index is 1.43. The Morgan fingerprint density at radius 2 is 1.64 bits per heavy atom. The van der Waals surface area contributed by atoms with E-state index >= 15 is 0 Å². The van der Waals surface area contributed by atoms with Crippen LogP contribution in [0.4, 0.5) is 5.69 Å². The maximum absolute atomic E-state index is 12.7. The number of hydrogen-bond acceptors (Lipinski definition) is 4. The molecule has 2 aliphatic heterocycles. The van der Waals surface area contributed by atoms with Gasteiger partial charge >= 0.3 is 0 Å². The summed E-state index contributed by atoms with van der Waals surface area (Å²) in [5, 5.41) is 0. The Kier molecular flexibility index (Phi) is 7.05. The molecule has 0 spiro atoms. The quantitative estimate of drug-likeness (QED) is 0.755. The zero-order valence-corrected chi connectivity index (χ0v) is 18.3. The number of thioether (sulfide) groups is 1. The third-order valence-electron chi connectivity index (χ3n) is 5.49. The molecule has 5 nitrogen and oxygen atoms in total. The first-order valence-corrected chi connectivity index (χ1v) is 11.3. The normalized spacial score (nSPS) is 18.1. The van der Waals surface area contributed by atoms with Gasteiger partial charge < -0.3 is 9.80 Å². The Hall–Kier alpha value is -1.53. The molecule has 3 rings (SSSR count). The maximum atomic E-state index is 12.7. The van der Waals surface area contributed by atoms with E-state index in [1.807, 2.05) is 28.0 Å². The fraction of sp³-hybridized carbons (Fsp3) is 0.636. The van der Waals surface area contributed by atoms with Crippen LogP contribution in [-0.4, -0.2) is 66.6 Å². The van der Waals surface area contributed by atoms with Gasteiger partial charge in [-0.15, -0.1) is 11.8 Å². The van der Waals surface area contributed by atoms with Gasteiger partial charge in [0.05, 0.1) is 5.69 Å². The monoisotopic (exact) mass is 403 g/mol. The molecule has 0 aromatic heterocycles. The molecule has 1 aromatic rings. The van der Waals surface area contributed by atoms with Crippen LogP contribution < -0.4 is 4.90 Å². The van der Waals surface area contributed by atoms with E-state index in [1.54, 1.807) is 11.8 Å². The zero-order valence-electron chi connectivity index (χ0n) is 17.4. The van der Waals surface area contributed by atoms with Crippen molar-refractivity contribution in [3.05, 3.63) is 24.3 Å². The van der Waals surface area contributed by atoms with Crippen LogP contribution in [0.15, 0.2) is 29.2 Å². The van der Waals surface area contributed by atoms with Crippen LogP contribution in [0.5, 0.6) is 0 Å². The topological polar surface area (TPSA) is 43.9 Å². The minimum atomic E-state index is 0.0601. The van der Waals surface area contributed by atoms with Gasteiger partial charge in [0.1, 0.15) is 0 Å². The average Bonchev–Trinajstić information content (AvgIpc) is 2.69. The smallest absolute Gasteiger partial charge is 0.227 e. The highest BCUT2D eigenvalue weighted by atomic mass is 32.2. The van der Waals surface area contributed by atoms with Gasteiger partial charge in [0.15, 0.2) is 0 Å². The van der Waals surface area contributed by atoms with Gasteiger partial charge in [-0.2, -0.15) is 0 Å². The van der Waals surface area contributed by atoms with Crippen molar-refractivity contribution >= 4 is 29.3 Å². The molecule has 0 atom stereocenters. The molecule has 6 heteroatoms. The van der Waals surface area contributed by atoms with Crippen molar-refractivity contribution in [2.45, 2.75) is 44.9 Å². The summed E-state index contributed by atoms with van der Waals surface area (Å²) < 4.78 is 0. The number of rotatable bonds is 5. The molecule has 1 saturated heterocycles. The van der Waals surface area contributed by atoms with Gasteiger partial charge in [0, 0.05) is 56.2 Å². The predicted octanol–water partition coefficient (Wildman–Crippen LogP) is 3.49. The number of para-hydroxylation sites is 1. The third-order valence-corrected chi connectivity index (χ3v) is 6.53. The number of hydrogen-bond donors (Lipinski definition) is 0. The molecule has 28 heavy (non-hydrogen) atoms. The highest BCUT2D eigenvalue weighted by molar-refractivity contribution is 7.99. The molecule has 154 valence electrons. The first-order valence-electron chi connectivity index (χ1n) is 10.4. The lowest BCUT2D eigenvalue weighted by Crippen LogP contribution is -2.49. The lowest BCUT2D eigenvalue weighted by atomic mass is 9.92. The predicted molar refractivity (Wildman–Crippen MR) is 116 cm³/mol. The fourth-order valence-electron chi connectivity index (χ4n) is 3.65. The third kappa shape index (κ3) is 5.74. The van der Waals surface area contributed by atoms with E-state index in [-0.39, 0.29) is 11.8 Å². The standard InChI is InChI=1S/C22H33N3O2S/c1-22(2,3)10-11-23-12-14-24(15-13-23)20(26)8-9-21(27)25-16-17-28-19-7-5-4-6-18(19)25/h4-7H,8-17H2,1-3H3. The van der Waals surface area contributed by atoms with Crippen molar-refractivity contribution < 1.29 is 9.59 Å². The molecule has 2 amide bonds. The van der Waals surface area contributed by atoms with Gasteiger partial charge in [-0.25, -0.2) is 0 Å². The minimum Gasteiger partial charge on any atom is -0.340 e. The lowest BCUT2D eigenvalue weighted by Gasteiger charge is -2.36. The second-order valence-corrected chi connectivity index (χ2v) is 10.0. The molecule has 0 bridgehead atoms. The Morgan fingerprint density at radius 3 is 2.36 bits per heavy atom. The van der Waals surface area contributed by atoms with E-state index < -0.39 is 0 Å². The molecule has 2 heterocycles. The van der Waals surface area contributed by atoms with Gasteiger partial charge in [-0.1, -0.05) is 32.9 Å². The molecular weight excluding hydrogens is 370 g/mol.